The molecule has 1 N–H and O–H groups in total. The second kappa shape index (κ2) is 8.81. The summed E-state index contributed by atoms with van der Waals surface area (Å²) in [5.41, 5.74) is 3.84. The number of nitrogens with one attached hydrogen (secondary N) is 1. The van der Waals surface area contributed by atoms with E-state index >= 15 is 0 Å². The van der Waals surface area contributed by atoms with E-state index in [4.69, 9.17) is 4.74 Å². The molecule has 160 valence electrons. The molecule has 0 spiro atoms. The van der Waals surface area contributed by atoms with Crippen LogP contribution in [0.4, 0.5) is 11.4 Å². The predicted molar refractivity (Wildman–Crippen MR) is 122 cm³/mol. The Morgan fingerprint density at radius 2 is 1.77 bits per heavy atom. The van der Waals surface area contributed by atoms with Gasteiger partial charge in [-0.3, -0.25) is 9.10 Å². The van der Waals surface area contributed by atoms with Crippen molar-refractivity contribution in [3.05, 3.63) is 89.5 Å². The highest BCUT2D eigenvalue weighted by Gasteiger charge is 2.28. The maximum absolute atomic E-state index is 12.7. The van der Waals surface area contributed by atoms with Gasteiger partial charge in [0, 0.05) is 29.8 Å². The Morgan fingerprint density at radius 1 is 1.03 bits per heavy atom. The number of hydrogen-bond donors (Lipinski definition) is 1. The zero-order chi connectivity index (χ0) is 21.8. The highest BCUT2D eigenvalue weighted by molar-refractivity contribution is 7.93. The SMILES string of the molecule is COc1ccc(NC(=O)c2ccc(N3CCCS3(=O)=O)cc2)cc1Cc1ccccc1. The van der Waals surface area contributed by atoms with E-state index in [0.29, 0.717) is 36.3 Å². The normalized spacial score (nSPS) is 14.9. The molecule has 6 nitrogen and oxygen atoms in total. The molecule has 31 heavy (non-hydrogen) atoms. The molecule has 4 rings (SSSR count). The van der Waals surface area contributed by atoms with Gasteiger partial charge in [0.15, 0.2) is 0 Å². The highest BCUT2D eigenvalue weighted by Crippen LogP contribution is 2.27. The molecule has 1 aliphatic rings. The molecule has 3 aromatic rings. The molecule has 1 aliphatic heterocycles. The second-order valence-electron chi connectivity index (χ2n) is 7.43. The summed E-state index contributed by atoms with van der Waals surface area (Å²) in [4.78, 5) is 12.7. The van der Waals surface area contributed by atoms with Crippen molar-refractivity contribution in [3.8, 4) is 5.75 Å². The van der Waals surface area contributed by atoms with Crippen LogP contribution < -0.4 is 14.4 Å². The first-order chi connectivity index (χ1) is 15.0. The van der Waals surface area contributed by atoms with Gasteiger partial charge >= 0.3 is 0 Å². The molecule has 1 heterocycles. The van der Waals surface area contributed by atoms with Gasteiger partial charge in [0.25, 0.3) is 5.91 Å². The van der Waals surface area contributed by atoms with E-state index in [1.165, 1.54) is 4.31 Å². The van der Waals surface area contributed by atoms with Crippen LogP contribution in [0.3, 0.4) is 0 Å². The van der Waals surface area contributed by atoms with E-state index in [2.05, 4.69) is 5.32 Å². The van der Waals surface area contributed by atoms with Gasteiger partial charge in [0.2, 0.25) is 10.0 Å². The number of hydrogen-bond acceptors (Lipinski definition) is 4. The summed E-state index contributed by atoms with van der Waals surface area (Å²) >= 11 is 0. The van der Waals surface area contributed by atoms with Gasteiger partial charge in [-0.25, -0.2) is 8.42 Å². The number of ether oxygens (including phenoxy) is 1. The van der Waals surface area contributed by atoms with E-state index < -0.39 is 10.0 Å². The summed E-state index contributed by atoms with van der Waals surface area (Å²) < 4.78 is 31.0. The van der Waals surface area contributed by atoms with Crippen molar-refractivity contribution in [2.24, 2.45) is 0 Å². The number of benzene rings is 3. The lowest BCUT2D eigenvalue weighted by Gasteiger charge is -2.17. The van der Waals surface area contributed by atoms with Crippen molar-refractivity contribution in [2.45, 2.75) is 12.8 Å². The first kappa shape index (κ1) is 20.9. The molecule has 0 aromatic heterocycles. The number of carbonyl (C=O) groups excluding carboxylic acids is 1. The third-order valence-corrected chi connectivity index (χ3v) is 7.16. The Morgan fingerprint density at radius 3 is 2.42 bits per heavy atom. The Hall–Kier alpha value is -3.32. The van der Waals surface area contributed by atoms with Crippen LogP contribution in [0.5, 0.6) is 5.75 Å². The van der Waals surface area contributed by atoms with E-state index in [9.17, 15) is 13.2 Å². The fourth-order valence-electron chi connectivity index (χ4n) is 3.72. The van der Waals surface area contributed by atoms with Crippen molar-refractivity contribution in [2.75, 3.05) is 29.0 Å². The molecule has 0 unspecified atom stereocenters. The zero-order valence-corrected chi connectivity index (χ0v) is 18.1. The standard InChI is InChI=1S/C24H24N2O4S/c1-30-23-13-10-21(17-20(23)16-18-6-3-2-4-7-18)25-24(27)19-8-11-22(12-9-19)26-14-5-15-31(26,28)29/h2-4,6-13,17H,5,14-16H2,1H3,(H,25,27). The molecule has 0 atom stereocenters. The molecule has 3 aromatic carbocycles. The van der Waals surface area contributed by atoms with E-state index in [-0.39, 0.29) is 11.7 Å². The molecule has 0 aliphatic carbocycles. The van der Waals surface area contributed by atoms with Gasteiger partial charge < -0.3 is 10.1 Å². The molecular weight excluding hydrogens is 412 g/mol. The van der Waals surface area contributed by atoms with E-state index in [1.54, 1.807) is 37.4 Å². The summed E-state index contributed by atoms with van der Waals surface area (Å²) in [5, 5.41) is 2.91. The number of nitrogens with zero attached hydrogens (tertiary/aromatic N) is 1. The van der Waals surface area contributed by atoms with Crippen LogP contribution in [0.25, 0.3) is 0 Å². The number of amides is 1. The number of rotatable bonds is 6. The van der Waals surface area contributed by atoms with Crippen LogP contribution >= 0.6 is 0 Å². The molecule has 1 amide bonds. The monoisotopic (exact) mass is 436 g/mol. The number of carbonyl (C=O) groups is 1. The Labute approximate surface area is 182 Å². The van der Waals surface area contributed by atoms with Crippen molar-refractivity contribution >= 4 is 27.3 Å². The van der Waals surface area contributed by atoms with Crippen molar-refractivity contribution in [3.63, 3.8) is 0 Å². The minimum atomic E-state index is -3.24. The lowest BCUT2D eigenvalue weighted by atomic mass is 10.0. The number of anilines is 2. The van der Waals surface area contributed by atoms with E-state index in [0.717, 1.165) is 16.9 Å². The summed E-state index contributed by atoms with van der Waals surface area (Å²) in [6.45, 7) is 0.476. The molecular formula is C24H24N2O4S. The molecule has 0 radical (unpaired) electrons. The summed E-state index contributed by atoms with van der Waals surface area (Å²) in [6.07, 6.45) is 1.31. The van der Waals surface area contributed by atoms with Gasteiger partial charge in [-0.2, -0.15) is 0 Å². The molecule has 1 fully saturated rings. The highest BCUT2D eigenvalue weighted by atomic mass is 32.2. The molecule has 1 saturated heterocycles. The van der Waals surface area contributed by atoms with E-state index in [1.807, 2.05) is 42.5 Å². The zero-order valence-electron chi connectivity index (χ0n) is 17.2. The van der Waals surface area contributed by atoms with Crippen LogP contribution in [0.15, 0.2) is 72.8 Å². The topological polar surface area (TPSA) is 75.7 Å². The third-order valence-electron chi connectivity index (χ3n) is 5.29. The van der Waals surface area contributed by atoms with Gasteiger partial charge in [-0.1, -0.05) is 30.3 Å². The molecule has 0 bridgehead atoms. The maximum atomic E-state index is 12.7. The van der Waals surface area contributed by atoms with Gasteiger partial charge in [0.05, 0.1) is 18.6 Å². The summed E-state index contributed by atoms with van der Waals surface area (Å²) in [5.74, 6) is 0.669. The van der Waals surface area contributed by atoms with Crippen molar-refractivity contribution in [1.29, 1.82) is 0 Å². The molecule has 0 saturated carbocycles. The fourth-order valence-corrected chi connectivity index (χ4v) is 5.29. The minimum absolute atomic E-state index is 0.165. The van der Waals surface area contributed by atoms with Crippen LogP contribution in [0.1, 0.15) is 27.9 Å². The largest absolute Gasteiger partial charge is 0.496 e. The quantitative estimate of drug-likeness (QED) is 0.632. The molecule has 7 heteroatoms. The van der Waals surface area contributed by atoms with Crippen molar-refractivity contribution < 1.29 is 17.9 Å². The van der Waals surface area contributed by atoms with Crippen LogP contribution in [0, 0.1) is 0 Å². The Balaban J connectivity index is 1.50. The number of sulfonamides is 1. The van der Waals surface area contributed by atoms with Crippen LogP contribution in [-0.2, 0) is 16.4 Å². The summed E-state index contributed by atoms with van der Waals surface area (Å²) in [7, 11) is -1.61. The van der Waals surface area contributed by atoms with Gasteiger partial charge in [0.1, 0.15) is 5.75 Å². The minimum Gasteiger partial charge on any atom is -0.496 e. The Bertz CT molecular complexity index is 1180. The maximum Gasteiger partial charge on any atom is 0.255 e. The average Bonchev–Trinajstić information content (AvgIpc) is 3.14. The van der Waals surface area contributed by atoms with Gasteiger partial charge in [-0.05, 0) is 54.4 Å². The first-order valence-electron chi connectivity index (χ1n) is 10.1. The summed E-state index contributed by atoms with van der Waals surface area (Å²) in [6, 6.07) is 22.2. The predicted octanol–water partition coefficient (Wildman–Crippen LogP) is 4.08. The lowest BCUT2D eigenvalue weighted by molar-refractivity contribution is 0.102. The first-order valence-corrected chi connectivity index (χ1v) is 11.7. The smallest absolute Gasteiger partial charge is 0.255 e. The second-order valence-corrected chi connectivity index (χ2v) is 9.44. The third kappa shape index (κ3) is 4.72. The number of methoxy groups -OCH3 is 1. The lowest BCUT2D eigenvalue weighted by Crippen LogP contribution is -2.25. The van der Waals surface area contributed by atoms with Crippen LogP contribution in [-0.4, -0.2) is 33.7 Å². The van der Waals surface area contributed by atoms with Gasteiger partial charge in [-0.15, -0.1) is 0 Å². The average molecular weight is 437 g/mol. The fraction of sp³-hybridized carbons (Fsp3) is 0.208. The van der Waals surface area contributed by atoms with Crippen molar-refractivity contribution in [1.82, 2.24) is 0 Å². The Kier molecular flexibility index (Phi) is 5.95. The van der Waals surface area contributed by atoms with Crippen LogP contribution in [0.2, 0.25) is 0 Å².